The number of nitrogens with zero attached hydrogens (tertiary/aromatic N) is 6. The number of anilines is 2. The SMILES string of the molecule is CCCC(=O)Nc1cncc(-c2cnc3n[nH]c(-c4nc5c(N6CCN(C)CC6)cccc5[nH]4)c3c2)c1. The summed E-state index contributed by atoms with van der Waals surface area (Å²) < 4.78 is 0. The average molecular weight is 496 g/mol. The zero-order chi connectivity index (χ0) is 25.4. The highest BCUT2D eigenvalue weighted by Crippen LogP contribution is 2.32. The van der Waals surface area contributed by atoms with E-state index in [4.69, 9.17) is 4.98 Å². The van der Waals surface area contributed by atoms with Gasteiger partial charge in [0.25, 0.3) is 0 Å². The van der Waals surface area contributed by atoms with Gasteiger partial charge in [-0.05, 0) is 37.7 Å². The quantitative estimate of drug-likeness (QED) is 0.325. The van der Waals surface area contributed by atoms with Crippen LogP contribution >= 0.6 is 0 Å². The Morgan fingerprint density at radius 2 is 1.92 bits per heavy atom. The first-order chi connectivity index (χ1) is 18.1. The number of H-pyrrole nitrogens is 2. The first-order valence-corrected chi connectivity index (χ1v) is 12.6. The fraction of sp³-hybridized carbons (Fsp3) is 0.296. The van der Waals surface area contributed by atoms with Gasteiger partial charge in [-0.15, -0.1) is 0 Å². The van der Waals surface area contributed by atoms with Crippen molar-refractivity contribution in [3.05, 3.63) is 48.9 Å². The fourth-order valence-corrected chi connectivity index (χ4v) is 4.79. The zero-order valence-electron chi connectivity index (χ0n) is 21.0. The highest BCUT2D eigenvalue weighted by atomic mass is 16.1. The molecule has 1 aliphatic rings. The van der Waals surface area contributed by atoms with Gasteiger partial charge < -0.3 is 20.1 Å². The number of hydrogen-bond donors (Lipinski definition) is 3. The van der Waals surface area contributed by atoms with Gasteiger partial charge in [-0.25, -0.2) is 9.97 Å². The second kappa shape index (κ2) is 9.62. The van der Waals surface area contributed by atoms with Crippen LogP contribution in [-0.4, -0.2) is 74.2 Å². The molecular formula is C27H29N9O. The van der Waals surface area contributed by atoms with E-state index in [-0.39, 0.29) is 5.91 Å². The second-order valence-corrected chi connectivity index (χ2v) is 9.50. The third-order valence-corrected chi connectivity index (χ3v) is 6.81. The molecule has 5 heterocycles. The fourth-order valence-electron chi connectivity index (χ4n) is 4.79. The van der Waals surface area contributed by atoms with Crippen molar-refractivity contribution in [2.75, 3.05) is 43.4 Å². The standard InChI is InChI=1S/C27H29N9O/c1-3-5-23(37)30-19-12-17(14-28-16-19)18-13-20-24(33-34-26(20)29-15-18)27-31-21-6-4-7-22(25(21)32-27)36-10-8-35(2)9-11-36/h4,6-7,12-16H,3,5,8-11H2,1-2H3,(H,30,37)(H,31,32)(H,29,33,34). The van der Waals surface area contributed by atoms with Crippen LogP contribution < -0.4 is 10.2 Å². The summed E-state index contributed by atoms with van der Waals surface area (Å²) in [5.41, 5.74) is 6.87. The van der Waals surface area contributed by atoms with Gasteiger partial charge >= 0.3 is 0 Å². The average Bonchev–Trinajstić information content (AvgIpc) is 3.53. The lowest BCUT2D eigenvalue weighted by molar-refractivity contribution is -0.116. The molecule has 37 heavy (non-hydrogen) atoms. The Hall–Kier alpha value is -4.31. The number of hydrogen-bond acceptors (Lipinski definition) is 7. The highest BCUT2D eigenvalue weighted by molar-refractivity contribution is 5.96. The molecule has 10 nitrogen and oxygen atoms in total. The van der Waals surface area contributed by atoms with E-state index in [0.717, 1.165) is 77.4 Å². The first kappa shape index (κ1) is 23.1. The minimum absolute atomic E-state index is 0.0204. The molecule has 188 valence electrons. The monoisotopic (exact) mass is 495 g/mol. The van der Waals surface area contributed by atoms with Crippen molar-refractivity contribution >= 4 is 39.3 Å². The third-order valence-electron chi connectivity index (χ3n) is 6.81. The van der Waals surface area contributed by atoms with Crippen molar-refractivity contribution in [1.82, 2.24) is 35.0 Å². The van der Waals surface area contributed by atoms with Crippen molar-refractivity contribution in [2.24, 2.45) is 0 Å². The van der Waals surface area contributed by atoms with E-state index in [1.165, 1.54) is 0 Å². The number of fused-ring (bicyclic) bond motifs is 2. The van der Waals surface area contributed by atoms with E-state index in [9.17, 15) is 4.79 Å². The largest absolute Gasteiger partial charge is 0.367 e. The summed E-state index contributed by atoms with van der Waals surface area (Å²) >= 11 is 0. The topological polar surface area (TPSA) is 119 Å². The zero-order valence-corrected chi connectivity index (χ0v) is 21.0. The van der Waals surface area contributed by atoms with Crippen LogP contribution in [-0.2, 0) is 4.79 Å². The Balaban J connectivity index is 1.35. The number of aromatic nitrogens is 6. The molecule has 1 aliphatic heterocycles. The van der Waals surface area contributed by atoms with Crippen LogP contribution in [0.2, 0.25) is 0 Å². The van der Waals surface area contributed by atoms with Crippen molar-refractivity contribution in [3.8, 4) is 22.6 Å². The molecule has 6 rings (SSSR count). The summed E-state index contributed by atoms with van der Waals surface area (Å²) in [6.45, 7) is 6.00. The van der Waals surface area contributed by atoms with Gasteiger partial charge in [0, 0.05) is 56.1 Å². The minimum Gasteiger partial charge on any atom is -0.367 e. The number of imidazole rings is 1. The van der Waals surface area contributed by atoms with Crippen LogP contribution in [0.4, 0.5) is 11.4 Å². The molecule has 10 heteroatoms. The Kier molecular flexibility index (Phi) is 6.01. The molecule has 0 aliphatic carbocycles. The lowest BCUT2D eigenvalue weighted by Gasteiger charge is -2.34. The number of aromatic amines is 2. The number of pyridine rings is 2. The number of piperazine rings is 1. The molecule has 1 aromatic carbocycles. The van der Waals surface area contributed by atoms with Crippen LogP contribution in [0.1, 0.15) is 19.8 Å². The Bertz CT molecular complexity index is 1580. The molecule has 0 atom stereocenters. The number of carbonyl (C=O) groups excluding carboxylic acids is 1. The van der Waals surface area contributed by atoms with Gasteiger partial charge in [0.15, 0.2) is 11.5 Å². The molecule has 1 fully saturated rings. The van der Waals surface area contributed by atoms with Gasteiger partial charge in [0.2, 0.25) is 5.91 Å². The molecule has 0 radical (unpaired) electrons. The molecule has 1 amide bonds. The van der Waals surface area contributed by atoms with Gasteiger partial charge in [0.1, 0.15) is 11.2 Å². The number of benzene rings is 1. The van der Waals surface area contributed by atoms with E-state index < -0.39 is 0 Å². The summed E-state index contributed by atoms with van der Waals surface area (Å²) in [5, 5.41) is 11.3. The lowest BCUT2D eigenvalue weighted by Crippen LogP contribution is -2.44. The van der Waals surface area contributed by atoms with Crippen LogP contribution in [0.3, 0.4) is 0 Å². The Morgan fingerprint density at radius 3 is 2.76 bits per heavy atom. The number of amides is 1. The number of rotatable bonds is 6. The number of carbonyl (C=O) groups is 1. The summed E-state index contributed by atoms with van der Waals surface area (Å²) in [6.07, 6.45) is 6.46. The summed E-state index contributed by atoms with van der Waals surface area (Å²) in [5.74, 6) is 0.699. The smallest absolute Gasteiger partial charge is 0.224 e. The molecule has 1 saturated heterocycles. The predicted molar refractivity (Wildman–Crippen MR) is 145 cm³/mol. The van der Waals surface area contributed by atoms with Crippen LogP contribution in [0.5, 0.6) is 0 Å². The molecule has 0 unspecified atom stereocenters. The molecule has 0 saturated carbocycles. The normalized spacial score (nSPS) is 14.5. The maximum atomic E-state index is 12.0. The highest BCUT2D eigenvalue weighted by Gasteiger charge is 2.20. The summed E-state index contributed by atoms with van der Waals surface area (Å²) in [7, 11) is 2.16. The van der Waals surface area contributed by atoms with Gasteiger partial charge in [-0.1, -0.05) is 13.0 Å². The molecule has 4 aromatic heterocycles. The summed E-state index contributed by atoms with van der Waals surface area (Å²) in [6, 6.07) is 10.2. The predicted octanol–water partition coefficient (Wildman–Crippen LogP) is 4.05. The van der Waals surface area contributed by atoms with Crippen molar-refractivity contribution in [2.45, 2.75) is 19.8 Å². The van der Waals surface area contributed by atoms with E-state index in [0.29, 0.717) is 17.8 Å². The van der Waals surface area contributed by atoms with Gasteiger partial charge in [0.05, 0.1) is 28.5 Å². The van der Waals surface area contributed by atoms with Crippen LogP contribution in [0.25, 0.3) is 44.7 Å². The maximum Gasteiger partial charge on any atom is 0.224 e. The van der Waals surface area contributed by atoms with Gasteiger partial charge in [-0.3, -0.25) is 14.9 Å². The van der Waals surface area contributed by atoms with E-state index in [1.54, 1.807) is 18.6 Å². The minimum atomic E-state index is -0.0204. The second-order valence-electron chi connectivity index (χ2n) is 9.50. The van der Waals surface area contributed by atoms with Crippen LogP contribution in [0.15, 0.2) is 48.9 Å². The third kappa shape index (κ3) is 4.51. The molecular weight excluding hydrogens is 466 g/mol. The Labute approximate surface area is 214 Å². The number of para-hydroxylation sites is 1. The molecule has 3 N–H and O–H groups in total. The van der Waals surface area contributed by atoms with E-state index in [2.05, 4.69) is 65.5 Å². The molecule has 0 bridgehead atoms. The summed E-state index contributed by atoms with van der Waals surface area (Å²) in [4.78, 5) is 34.1. The molecule has 5 aromatic rings. The first-order valence-electron chi connectivity index (χ1n) is 12.6. The van der Waals surface area contributed by atoms with Crippen molar-refractivity contribution in [3.63, 3.8) is 0 Å². The lowest BCUT2D eigenvalue weighted by atomic mass is 10.1. The number of nitrogens with one attached hydrogen (secondary N) is 3. The van der Waals surface area contributed by atoms with Crippen LogP contribution in [0, 0.1) is 0 Å². The van der Waals surface area contributed by atoms with E-state index >= 15 is 0 Å². The molecule has 0 spiro atoms. The number of likely N-dealkylation sites (N-methyl/N-ethyl adjacent to an activating group) is 1. The van der Waals surface area contributed by atoms with Crippen molar-refractivity contribution < 1.29 is 4.79 Å². The van der Waals surface area contributed by atoms with Crippen molar-refractivity contribution in [1.29, 1.82) is 0 Å². The van der Waals surface area contributed by atoms with E-state index in [1.807, 2.05) is 19.1 Å². The van der Waals surface area contributed by atoms with Gasteiger partial charge in [-0.2, -0.15) is 5.10 Å². The Morgan fingerprint density at radius 1 is 1.08 bits per heavy atom. The maximum absolute atomic E-state index is 12.0.